The van der Waals surface area contributed by atoms with Gasteiger partial charge in [-0.3, -0.25) is 0 Å². The first-order valence-electron chi connectivity index (χ1n) is 5.46. The first-order valence-corrected chi connectivity index (χ1v) is 7.24. The van der Waals surface area contributed by atoms with E-state index in [1.807, 2.05) is 11.8 Å². The average Bonchev–Trinajstić information content (AvgIpc) is 2.74. The molecule has 15 heavy (non-hydrogen) atoms. The smallest absolute Gasteiger partial charge is 0.0311 e. The molecule has 3 heteroatoms. The van der Waals surface area contributed by atoms with Crippen molar-refractivity contribution in [1.29, 1.82) is 0 Å². The summed E-state index contributed by atoms with van der Waals surface area (Å²) in [5.74, 6) is 1.20. The molecule has 0 saturated carbocycles. The number of likely N-dealkylation sites (tertiary alicyclic amines) is 1. The summed E-state index contributed by atoms with van der Waals surface area (Å²) in [5, 5.41) is 0. The Morgan fingerprint density at radius 3 is 2.67 bits per heavy atom. The van der Waals surface area contributed by atoms with Crippen LogP contribution < -0.4 is 0 Å². The van der Waals surface area contributed by atoms with E-state index in [4.69, 9.17) is 0 Å². The molecule has 0 bridgehead atoms. The molecule has 1 saturated heterocycles. The van der Waals surface area contributed by atoms with Gasteiger partial charge in [0.25, 0.3) is 0 Å². The summed E-state index contributed by atoms with van der Waals surface area (Å²) in [7, 11) is 0. The molecule has 0 spiro atoms. The fourth-order valence-electron chi connectivity index (χ4n) is 1.85. The Bertz CT molecular complexity index is 310. The molecule has 1 fully saturated rings. The molecule has 0 aliphatic carbocycles. The lowest BCUT2D eigenvalue weighted by Crippen LogP contribution is -2.21. The topological polar surface area (TPSA) is 3.24 Å². The average molecular weight is 286 g/mol. The summed E-state index contributed by atoms with van der Waals surface area (Å²) >= 11 is 5.52. The number of hydrogen-bond donors (Lipinski definition) is 0. The Labute approximate surface area is 104 Å². The molecular weight excluding hydrogens is 270 g/mol. The van der Waals surface area contributed by atoms with Gasteiger partial charge in [-0.2, -0.15) is 0 Å². The van der Waals surface area contributed by atoms with Gasteiger partial charge >= 0.3 is 0 Å². The third kappa shape index (κ3) is 3.51. The van der Waals surface area contributed by atoms with Crippen molar-refractivity contribution in [3.8, 4) is 0 Å². The van der Waals surface area contributed by atoms with Gasteiger partial charge in [0, 0.05) is 21.7 Å². The maximum Gasteiger partial charge on any atom is 0.0311 e. The summed E-state index contributed by atoms with van der Waals surface area (Å²) in [6.07, 6.45) is 2.78. The van der Waals surface area contributed by atoms with Gasteiger partial charge in [-0.05, 0) is 54.0 Å². The summed E-state index contributed by atoms with van der Waals surface area (Å²) in [6.45, 7) is 3.83. The highest BCUT2D eigenvalue weighted by atomic mass is 79.9. The van der Waals surface area contributed by atoms with Crippen LogP contribution in [0.25, 0.3) is 0 Å². The SMILES string of the molecule is Brc1ccccc1SCCN1CCCC1. The second-order valence-corrected chi connectivity index (χ2v) is 5.82. The number of rotatable bonds is 4. The maximum absolute atomic E-state index is 3.58. The van der Waals surface area contributed by atoms with E-state index in [0.717, 1.165) is 0 Å². The summed E-state index contributed by atoms with van der Waals surface area (Å²) in [4.78, 5) is 3.92. The van der Waals surface area contributed by atoms with Crippen molar-refractivity contribution in [2.45, 2.75) is 17.7 Å². The van der Waals surface area contributed by atoms with Crippen LogP contribution in [0.4, 0.5) is 0 Å². The number of hydrogen-bond acceptors (Lipinski definition) is 2. The van der Waals surface area contributed by atoms with Gasteiger partial charge in [-0.15, -0.1) is 11.8 Å². The predicted octanol–water partition coefficient (Wildman–Crippen LogP) is 3.64. The van der Waals surface area contributed by atoms with Crippen molar-refractivity contribution < 1.29 is 0 Å². The number of thioether (sulfide) groups is 1. The fraction of sp³-hybridized carbons (Fsp3) is 0.500. The number of nitrogens with zero attached hydrogens (tertiary/aromatic N) is 1. The van der Waals surface area contributed by atoms with Gasteiger partial charge in [0.05, 0.1) is 0 Å². The van der Waals surface area contributed by atoms with Crippen LogP contribution in [-0.2, 0) is 0 Å². The fourth-order valence-corrected chi connectivity index (χ4v) is 3.43. The zero-order chi connectivity index (χ0) is 10.5. The number of benzene rings is 1. The lowest BCUT2D eigenvalue weighted by atomic mass is 10.4. The van der Waals surface area contributed by atoms with Crippen molar-refractivity contribution in [3.63, 3.8) is 0 Å². The molecule has 82 valence electrons. The number of halogens is 1. The van der Waals surface area contributed by atoms with E-state index in [1.165, 1.54) is 47.6 Å². The van der Waals surface area contributed by atoms with Crippen LogP contribution in [-0.4, -0.2) is 30.3 Å². The Balaban J connectivity index is 1.75. The molecule has 1 nitrogen and oxygen atoms in total. The Morgan fingerprint density at radius 2 is 1.93 bits per heavy atom. The highest BCUT2D eigenvalue weighted by Gasteiger charge is 2.10. The van der Waals surface area contributed by atoms with E-state index in [0.29, 0.717) is 0 Å². The van der Waals surface area contributed by atoms with E-state index in [-0.39, 0.29) is 0 Å². The zero-order valence-corrected chi connectivity index (χ0v) is 11.2. The van der Waals surface area contributed by atoms with Crippen LogP contribution >= 0.6 is 27.7 Å². The molecular formula is C12H16BrNS. The second kappa shape index (κ2) is 5.92. The van der Waals surface area contributed by atoms with E-state index in [2.05, 4.69) is 45.1 Å². The third-order valence-corrected chi connectivity index (χ3v) is 4.71. The standard InChI is InChI=1S/C12H16BrNS/c13-11-5-1-2-6-12(11)15-10-9-14-7-3-4-8-14/h1-2,5-6H,3-4,7-10H2. The molecule has 1 aromatic carbocycles. The van der Waals surface area contributed by atoms with E-state index >= 15 is 0 Å². The molecule has 1 heterocycles. The van der Waals surface area contributed by atoms with Crippen LogP contribution in [0.2, 0.25) is 0 Å². The van der Waals surface area contributed by atoms with Crippen molar-refractivity contribution >= 4 is 27.7 Å². The van der Waals surface area contributed by atoms with Gasteiger partial charge in [-0.25, -0.2) is 0 Å². The summed E-state index contributed by atoms with van der Waals surface area (Å²) < 4.78 is 1.22. The van der Waals surface area contributed by atoms with Gasteiger partial charge in [0.15, 0.2) is 0 Å². The molecule has 0 atom stereocenters. The van der Waals surface area contributed by atoms with Crippen LogP contribution in [0.1, 0.15) is 12.8 Å². The lowest BCUT2D eigenvalue weighted by molar-refractivity contribution is 0.362. The first kappa shape index (κ1) is 11.5. The lowest BCUT2D eigenvalue weighted by Gasteiger charge is -2.13. The molecule has 2 rings (SSSR count). The van der Waals surface area contributed by atoms with Gasteiger partial charge in [-0.1, -0.05) is 12.1 Å². The molecule has 0 aromatic heterocycles. The normalized spacial score (nSPS) is 17.1. The van der Waals surface area contributed by atoms with Gasteiger partial charge < -0.3 is 4.90 Å². The molecule has 0 N–H and O–H groups in total. The van der Waals surface area contributed by atoms with Crippen molar-refractivity contribution in [2.75, 3.05) is 25.4 Å². The maximum atomic E-state index is 3.58. The van der Waals surface area contributed by atoms with Crippen LogP contribution in [0.3, 0.4) is 0 Å². The molecule has 0 unspecified atom stereocenters. The molecule has 0 radical (unpaired) electrons. The molecule has 1 aromatic rings. The largest absolute Gasteiger partial charge is 0.303 e. The van der Waals surface area contributed by atoms with E-state index in [9.17, 15) is 0 Å². The second-order valence-electron chi connectivity index (χ2n) is 3.83. The van der Waals surface area contributed by atoms with Crippen molar-refractivity contribution in [1.82, 2.24) is 4.90 Å². The van der Waals surface area contributed by atoms with Gasteiger partial charge in [0.1, 0.15) is 0 Å². The molecule has 1 aliphatic rings. The third-order valence-electron chi connectivity index (χ3n) is 2.70. The van der Waals surface area contributed by atoms with Gasteiger partial charge in [0.2, 0.25) is 0 Å². The zero-order valence-electron chi connectivity index (χ0n) is 8.79. The minimum absolute atomic E-state index is 1.20. The van der Waals surface area contributed by atoms with Crippen LogP contribution in [0, 0.1) is 0 Å². The van der Waals surface area contributed by atoms with E-state index < -0.39 is 0 Å². The molecule has 1 aliphatic heterocycles. The Morgan fingerprint density at radius 1 is 1.20 bits per heavy atom. The van der Waals surface area contributed by atoms with Crippen LogP contribution in [0.5, 0.6) is 0 Å². The minimum atomic E-state index is 1.20. The predicted molar refractivity (Wildman–Crippen MR) is 70.5 cm³/mol. The first-order chi connectivity index (χ1) is 7.36. The summed E-state index contributed by atoms with van der Waals surface area (Å²) in [5.41, 5.74) is 0. The highest BCUT2D eigenvalue weighted by molar-refractivity contribution is 9.10. The van der Waals surface area contributed by atoms with Crippen molar-refractivity contribution in [2.24, 2.45) is 0 Å². The minimum Gasteiger partial charge on any atom is -0.303 e. The highest BCUT2D eigenvalue weighted by Crippen LogP contribution is 2.27. The summed E-state index contributed by atoms with van der Waals surface area (Å²) in [6, 6.07) is 8.45. The molecule has 0 amide bonds. The monoisotopic (exact) mass is 285 g/mol. The van der Waals surface area contributed by atoms with Crippen molar-refractivity contribution in [3.05, 3.63) is 28.7 Å². The quantitative estimate of drug-likeness (QED) is 0.777. The Kier molecular flexibility index (Phi) is 4.54. The Hall–Kier alpha value is 0.01000. The van der Waals surface area contributed by atoms with Crippen LogP contribution in [0.15, 0.2) is 33.6 Å². The van der Waals surface area contributed by atoms with E-state index in [1.54, 1.807) is 0 Å².